The van der Waals surface area contributed by atoms with Crippen molar-refractivity contribution in [3.05, 3.63) is 30.3 Å². The van der Waals surface area contributed by atoms with E-state index in [9.17, 15) is 0 Å². The fourth-order valence-electron chi connectivity index (χ4n) is 1.32. The molecule has 0 aliphatic carbocycles. The average Bonchev–Trinajstić information content (AvgIpc) is 2.74. The molecule has 0 unspecified atom stereocenters. The van der Waals surface area contributed by atoms with Crippen molar-refractivity contribution in [3.8, 4) is 11.3 Å². The lowest BCUT2D eigenvalue weighted by atomic mass is 10.3. The van der Waals surface area contributed by atoms with Gasteiger partial charge in [-0.2, -0.15) is 0 Å². The van der Waals surface area contributed by atoms with Gasteiger partial charge in [0.25, 0.3) is 0 Å². The molecule has 16 heavy (non-hydrogen) atoms. The minimum atomic E-state index is 0.558. The van der Waals surface area contributed by atoms with Crippen molar-refractivity contribution < 1.29 is 4.42 Å². The third kappa shape index (κ3) is 2.38. The van der Waals surface area contributed by atoms with Crippen LogP contribution in [0.25, 0.3) is 11.3 Å². The van der Waals surface area contributed by atoms with E-state index in [1.807, 2.05) is 19.1 Å². The van der Waals surface area contributed by atoms with Gasteiger partial charge in [-0.1, -0.05) is 0 Å². The van der Waals surface area contributed by atoms with Gasteiger partial charge in [0.1, 0.15) is 11.5 Å². The molecular formula is C11H14N4O. The largest absolute Gasteiger partial charge is 0.461 e. The van der Waals surface area contributed by atoms with Gasteiger partial charge < -0.3 is 15.5 Å². The molecule has 0 aliphatic heterocycles. The molecule has 0 saturated carbocycles. The number of hydrogen-bond donors (Lipinski definition) is 2. The highest BCUT2D eigenvalue weighted by Crippen LogP contribution is 2.20. The van der Waals surface area contributed by atoms with Gasteiger partial charge in [0.15, 0.2) is 0 Å². The monoisotopic (exact) mass is 218 g/mol. The van der Waals surface area contributed by atoms with E-state index >= 15 is 0 Å². The minimum absolute atomic E-state index is 0.558. The Labute approximate surface area is 93.7 Å². The normalized spacial score (nSPS) is 10.4. The molecule has 2 rings (SSSR count). The minimum Gasteiger partial charge on any atom is -0.461 e. The number of nitrogens with two attached hydrogens (primary N) is 1. The topological polar surface area (TPSA) is 77.0 Å². The highest BCUT2D eigenvalue weighted by molar-refractivity contribution is 5.55. The molecular weight excluding hydrogens is 204 g/mol. The van der Waals surface area contributed by atoms with E-state index in [1.54, 1.807) is 12.4 Å². The van der Waals surface area contributed by atoms with E-state index in [-0.39, 0.29) is 0 Å². The SMILES string of the molecule is Cc1ccc(-c2cnc(NCCN)nc2)o1. The molecule has 2 aromatic heterocycles. The Balaban J connectivity index is 2.13. The third-order valence-corrected chi connectivity index (χ3v) is 2.10. The maximum atomic E-state index is 5.47. The Morgan fingerprint density at radius 3 is 2.62 bits per heavy atom. The van der Waals surface area contributed by atoms with Gasteiger partial charge in [-0.05, 0) is 19.1 Å². The molecule has 0 bridgehead atoms. The standard InChI is InChI=1S/C11H14N4O/c1-8-2-3-10(16-8)9-6-14-11(15-7-9)13-5-4-12/h2-3,6-7H,4-5,12H2,1H3,(H,13,14,15). The van der Waals surface area contributed by atoms with Crippen molar-refractivity contribution in [1.29, 1.82) is 0 Å². The van der Waals surface area contributed by atoms with E-state index in [0.29, 0.717) is 19.0 Å². The highest BCUT2D eigenvalue weighted by Gasteiger charge is 2.03. The summed E-state index contributed by atoms with van der Waals surface area (Å²) in [6.07, 6.45) is 3.45. The summed E-state index contributed by atoms with van der Waals surface area (Å²) < 4.78 is 5.47. The van der Waals surface area contributed by atoms with Crippen LogP contribution in [0.2, 0.25) is 0 Å². The smallest absolute Gasteiger partial charge is 0.222 e. The van der Waals surface area contributed by atoms with E-state index in [1.165, 1.54) is 0 Å². The molecule has 0 spiro atoms. The fraction of sp³-hybridized carbons (Fsp3) is 0.273. The fourth-order valence-corrected chi connectivity index (χ4v) is 1.32. The number of anilines is 1. The Morgan fingerprint density at radius 2 is 2.06 bits per heavy atom. The summed E-state index contributed by atoms with van der Waals surface area (Å²) in [7, 11) is 0. The summed E-state index contributed by atoms with van der Waals surface area (Å²) in [5.41, 5.74) is 6.23. The van der Waals surface area contributed by atoms with Crippen molar-refractivity contribution in [2.45, 2.75) is 6.92 Å². The van der Waals surface area contributed by atoms with Crippen LogP contribution in [0.15, 0.2) is 28.9 Å². The van der Waals surface area contributed by atoms with Crippen molar-refractivity contribution in [1.82, 2.24) is 9.97 Å². The van der Waals surface area contributed by atoms with Crippen LogP contribution in [0.5, 0.6) is 0 Å². The zero-order valence-electron chi connectivity index (χ0n) is 9.10. The molecule has 2 aromatic rings. The molecule has 3 N–H and O–H groups in total. The summed E-state index contributed by atoms with van der Waals surface area (Å²) in [6, 6.07) is 3.82. The van der Waals surface area contributed by atoms with Crippen LogP contribution in [0.3, 0.4) is 0 Å². The summed E-state index contributed by atoms with van der Waals surface area (Å²) in [6.45, 7) is 3.13. The van der Waals surface area contributed by atoms with E-state index < -0.39 is 0 Å². The number of nitrogens with zero attached hydrogens (tertiary/aromatic N) is 2. The summed E-state index contributed by atoms with van der Waals surface area (Å²) in [5, 5.41) is 3.00. The first-order valence-electron chi connectivity index (χ1n) is 5.12. The second-order valence-corrected chi connectivity index (χ2v) is 3.42. The molecule has 2 heterocycles. The lowest BCUT2D eigenvalue weighted by molar-refractivity contribution is 0.548. The first kappa shape index (κ1) is 10.6. The van der Waals surface area contributed by atoms with E-state index in [2.05, 4.69) is 15.3 Å². The van der Waals surface area contributed by atoms with Crippen LogP contribution in [-0.4, -0.2) is 23.1 Å². The maximum Gasteiger partial charge on any atom is 0.222 e. The van der Waals surface area contributed by atoms with Crippen molar-refractivity contribution in [3.63, 3.8) is 0 Å². The number of nitrogens with one attached hydrogen (secondary N) is 1. The van der Waals surface area contributed by atoms with Gasteiger partial charge in [-0.15, -0.1) is 0 Å². The summed E-state index contributed by atoms with van der Waals surface area (Å²) in [4.78, 5) is 8.33. The number of rotatable bonds is 4. The molecule has 0 aromatic carbocycles. The molecule has 0 radical (unpaired) electrons. The average molecular weight is 218 g/mol. The lowest BCUT2D eigenvalue weighted by Gasteiger charge is -2.02. The number of aromatic nitrogens is 2. The Bertz CT molecular complexity index is 449. The quantitative estimate of drug-likeness (QED) is 0.811. The lowest BCUT2D eigenvalue weighted by Crippen LogP contribution is -2.14. The van der Waals surface area contributed by atoms with Crippen LogP contribution in [-0.2, 0) is 0 Å². The first-order chi connectivity index (χ1) is 7.79. The van der Waals surface area contributed by atoms with Crippen LogP contribution in [0.4, 0.5) is 5.95 Å². The van der Waals surface area contributed by atoms with Gasteiger partial charge in [-0.25, -0.2) is 9.97 Å². The van der Waals surface area contributed by atoms with Crippen molar-refractivity contribution in [2.24, 2.45) is 5.73 Å². The molecule has 0 atom stereocenters. The van der Waals surface area contributed by atoms with Gasteiger partial charge in [0, 0.05) is 25.5 Å². The van der Waals surface area contributed by atoms with Crippen LogP contribution in [0.1, 0.15) is 5.76 Å². The Kier molecular flexibility index (Phi) is 3.16. The summed E-state index contributed by atoms with van der Waals surface area (Å²) >= 11 is 0. The van der Waals surface area contributed by atoms with Gasteiger partial charge in [-0.3, -0.25) is 0 Å². The number of furan rings is 1. The Morgan fingerprint density at radius 1 is 1.31 bits per heavy atom. The molecule has 0 fully saturated rings. The maximum absolute atomic E-state index is 5.47. The van der Waals surface area contributed by atoms with Crippen LogP contribution < -0.4 is 11.1 Å². The van der Waals surface area contributed by atoms with Crippen LogP contribution in [0, 0.1) is 6.92 Å². The second-order valence-electron chi connectivity index (χ2n) is 3.42. The number of hydrogen-bond acceptors (Lipinski definition) is 5. The number of aryl methyl sites for hydroxylation is 1. The first-order valence-corrected chi connectivity index (χ1v) is 5.12. The molecule has 84 valence electrons. The molecule has 5 heteroatoms. The van der Waals surface area contributed by atoms with Gasteiger partial charge >= 0.3 is 0 Å². The second kappa shape index (κ2) is 4.76. The molecule has 5 nitrogen and oxygen atoms in total. The Hall–Kier alpha value is -1.88. The van der Waals surface area contributed by atoms with E-state index in [4.69, 9.17) is 10.2 Å². The molecule has 0 amide bonds. The van der Waals surface area contributed by atoms with Crippen molar-refractivity contribution >= 4 is 5.95 Å². The zero-order valence-corrected chi connectivity index (χ0v) is 9.10. The van der Waals surface area contributed by atoms with Crippen LogP contribution >= 0.6 is 0 Å². The predicted octanol–water partition coefficient (Wildman–Crippen LogP) is 1.42. The van der Waals surface area contributed by atoms with Gasteiger partial charge in [0.05, 0.1) is 5.56 Å². The molecule has 0 aliphatic rings. The highest BCUT2D eigenvalue weighted by atomic mass is 16.3. The predicted molar refractivity (Wildman–Crippen MR) is 62.0 cm³/mol. The third-order valence-electron chi connectivity index (χ3n) is 2.10. The van der Waals surface area contributed by atoms with Crippen molar-refractivity contribution in [2.75, 3.05) is 18.4 Å². The summed E-state index contributed by atoms with van der Waals surface area (Å²) in [5.74, 6) is 2.24. The zero-order chi connectivity index (χ0) is 11.4. The molecule has 0 saturated heterocycles. The van der Waals surface area contributed by atoms with E-state index in [0.717, 1.165) is 17.1 Å². The van der Waals surface area contributed by atoms with Gasteiger partial charge in [0.2, 0.25) is 5.95 Å².